The molecule has 1 heterocycles. The van der Waals surface area contributed by atoms with Crippen molar-refractivity contribution in [2.24, 2.45) is 0 Å². The number of hydrogen-bond donors (Lipinski definition) is 7. The minimum atomic E-state index is -2.85. The lowest BCUT2D eigenvalue weighted by Gasteiger charge is -2.44. The molecule has 0 spiro atoms. The number of carboxylic acid groups (broad SMARTS) is 1. The fourth-order valence-electron chi connectivity index (χ4n) is 1.78. The Labute approximate surface area is 101 Å². The molecule has 2 unspecified atom stereocenters. The van der Waals surface area contributed by atoms with E-state index in [1.165, 1.54) is 0 Å². The van der Waals surface area contributed by atoms with Gasteiger partial charge in [-0.25, -0.2) is 4.79 Å². The minimum Gasteiger partial charge on any atom is -0.479 e. The SMILES string of the molecule is O=C(O)C(O)(CO)C1O[C@H](CO)[C@@H](O)[C@H](O)[C@@H]1O. The topological polar surface area (TPSA) is 168 Å². The maximum Gasteiger partial charge on any atom is 0.341 e. The summed E-state index contributed by atoms with van der Waals surface area (Å²) in [5, 5.41) is 64.8. The molecule has 7 N–H and O–H groups in total. The zero-order valence-electron chi connectivity index (χ0n) is 9.25. The third kappa shape index (κ3) is 2.34. The highest BCUT2D eigenvalue weighted by Gasteiger charge is 2.55. The number of hydrogen-bond acceptors (Lipinski definition) is 8. The summed E-state index contributed by atoms with van der Waals surface area (Å²) < 4.78 is 4.85. The predicted octanol–water partition coefficient (Wildman–Crippen LogP) is -4.36. The largest absolute Gasteiger partial charge is 0.479 e. The van der Waals surface area contributed by atoms with Gasteiger partial charge in [0.25, 0.3) is 0 Å². The molecule has 0 aromatic rings. The molecule has 1 saturated heterocycles. The molecule has 9 heteroatoms. The standard InChI is InChI=1S/C9H16O9/c10-1-3-4(12)5(13)6(14)7(18-3)9(17,2-11)8(15)16/h3-7,10-14,17H,1-2H2,(H,15,16)/t3-,4-,5+,6+,7?,9?/m1/s1. The molecule has 0 radical (unpaired) electrons. The number of ether oxygens (including phenoxy) is 1. The minimum absolute atomic E-state index is 0.761. The van der Waals surface area contributed by atoms with E-state index in [2.05, 4.69) is 0 Å². The Balaban J connectivity index is 3.04. The molecule has 1 aliphatic heterocycles. The van der Waals surface area contributed by atoms with Crippen LogP contribution in [0.15, 0.2) is 0 Å². The molecule has 0 aliphatic carbocycles. The van der Waals surface area contributed by atoms with E-state index in [1.807, 2.05) is 0 Å². The van der Waals surface area contributed by atoms with Crippen LogP contribution >= 0.6 is 0 Å². The molecule has 0 amide bonds. The third-order valence-electron chi connectivity index (χ3n) is 2.97. The number of rotatable bonds is 4. The number of carboxylic acids is 1. The average Bonchev–Trinajstić information content (AvgIpc) is 2.35. The van der Waals surface area contributed by atoms with E-state index in [-0.39, 0.29) is 0 Å². The van der Waals surface area contributed by atoms with Crippen LogP contribution in [0.5, 0.6) is 0 Å². The average molecular weight is 268 g/mol. The summed E-state index contributed by atoms with van der Waals surface area (Å²) in [5.74, 6) is -1.87. The molecule has 9 nitrogen and oxygen atoms in total. The van der Waals surface area contributed by atoms with Crippen LogP contribution in [0.4, 0.5) is 0 Å². The lowest BCUT2D eigenvalue weighted by atomic mass is 9.85. The van der Waals surface area contributed by atoms with Gasteiger partial charge in [-0.15, -0.1) is 0 Å². The molecule has 0 aromatic heterocycles. The Morgan fingerprint density at radius 1 is 1.11 bits per heavy atom. The van der Waals surface area contributed by atoms with Crippen LogP contribution in [-0.2, 0) is 9.53 Å². The molecule has 0 saturated carbocycles. The zero-order valence-corrected chi connectivity index (χ0v) is 9.25. The quantitative estimate of drug-likeness (QED) is 0.266. The summed E-state index contributed by atoms with van der Waals surface area (Å²) in [6.45, 7) is -2.03. The van der Waals surface area contributed by atoms with Crippen molar-refractivity contribution >= 4 is 5.97 Å². The molecule has 0 aromatic carbocycles. The van der Waals surface area contributed by atoms with Crippen LogP contribution in [0, 0.1) is 0 Å². The van der Waals surface area contributed by atoms with Crippen molar-refractivity contribution in [1.82, 2.24) is 0 Å². The Hall–Kier alpha value is -0.810. The second kappa shape index (κ2) is 5.45. The first-order valence-corrected chi connectivity index (χ1v) is 5.16. The summed E-state index contributed by atoms with van der Waals surface area (Å²) in [5.41, 5.74) is -2.85. The van der Waals surface area contributed by atoms with Crippen LogP contribution in [0.2, 0.25) is 0 Å². The van der Waals surface area contributed by atoms with E-state index in [0.29, 0.717) is 0 Å². The first kappa shape index (κ1) is 15.2. The van der Waals surface area contributed by atoms with Gasteiger partial charge < -0.3 is 40.5 Å². The molecule has 1 fully saturated rings. The number of aliphatic hydroxyl groups excluding tert-OH is 5. The summed E-state index contributed by atoms with van der Waals surface area (Å²) in [6, 6.07) is 0. The van der Waals surface area contributed by atoms with Crippen LogP contribution in [-0.4, -0.2) is 91.0 Å². The molecular formula is C9H16O9. The summed E-state index contributed by atoms with van der Waals surface area (Å²) in [7, 11) is 0. The maximum atomic E-state index is 10.9. The highest BCUT2D eigenvalue weighted by molar-refractivity contribution is 5.78. The highest BCUT2D eigenvalue weighted by atomic mass is 16.6. The van der Waals surface area contributed by atoms with Gasteiger partial charge in [0.15, 0.2) is 0 Å². The lowest BCUT2D eigenvalue weighted by molar-refractivity contribution is -0.274. The van der Waals surface area contributed by atoms with Gasteiger partial charge in [-0.2, -0.15) is 0 Å². The summed E-state index contributed by atoms with van der Waals surface area (Å²) in [4.78, 5) is 10.9. The highest BCUT2D eigenvalue weighted by Crippen LogP contribution is 2.28. The van der Waals surface area contributed by atoms with E-state index in [1.54, 1.807) is 0 Å². The maximum absolute atomic E-state index is 10.9. The van der Waals surface area contributed by atoms with Gasteiger partial charge in [-0.1, -0.05) is 0 Å². The van der Waals surface area contributed by atoms with Crippen molar-refractivity contribution in [1.29, 1.82) is 0 Å². The van der Waals surface area contributed by atoms with Gasteiger partial charge in [0.05, 0.1) is 13.2 Å². The predicted molar refractivity (Wildman–Crippen MR) is 53.4 cm³/mol. The van der Waals surface area contributed by atoms with E-state index < -0.39 is 55.3 Å². The van der Waals surface area contributed by atoms with Crippen molar-refractivity contribution in [3.05, 3.63) is 0 Å². The van der Waals surface area contributed by atoms with E-state index >= 15 is 0 Å². The molecular weight excluding hydrogens is 252 g/mol. The fraction of sp³-hybridized carbons (Fsp3) is 0.889. The van der Waals surface area contributed by atoms with Gasteiger partial charge >= 0.3 is 5.97 Å². The van der Waals surface area contributed by atoms with Crippen LogP contribution in [0.1, 0.15) is 0 Å². The van der Waals surface area contributed by atoms with Gasteiger partial charge in [-0.3, -0.25) is 0 Å². The second-order valence-corrected chi connectivity index (χ2v) is 4.14. The van der Waals surface area contributed by atoms with Crippen LogP contribution < -0.4 is 0 Å². The lowest BCUT2D eigenvalue weighted by Crippen LogP contribution is -2.68. The van der Waals surface area contributed by atoms with Crippen molar-refractivity contribution in [2.75, 3.05) is 13.2 Å². The van der Waals surface area contributed by atoms with Gasteiger partial charge in [0, 0.05) is 0 Å². The Morgan fingerprint density at radius 2 is 1.67 bits per heavy atom. The molecule has 1 rings (SSSR count). The smallest absolute Gasteiger partial charge is 0.341 e. The second-order valence-electron chi connectivity index (χ2n) is 4.14. The molecule has 1 aliphatic rings. The van der Waals surface area contributed by atoms with Gasteiger partial charge in [0.1, 0.15) is 30.5 Å². The van der Waals surface area contributed by atoms with E-state index in [9.17, 15) is 25.2 Å². The van der Waals surface area contributed by atoms with Crippen LogP contribution in [0.25, 0.3) is 0 Å². The number of aliphatic carboxylic acids is 1. The Kier molecular flexibility index (Phi) is 4.61. The van der Waals surface area contributed by atoms with Gasteiger partial charge in [-0.05, 0) is 0 Å². The summed E-state index contributed by atoms with van der Waals surface area (Å²) >= 11 is 0. The monoisotopic (exact) mass is 268 g/mol. The fourth-order valence-corrected chi connectivity index (χ4v) is 1.78. The first-order chi connectivity index (χ1) is 8.29. The van der Waals surface area contributed by atoms with Crippen molar-refractivity contribution in [2.45, 2.75) is 36.1 Å². The number of aliphatic hydroxyl groups is 6. The zero-order chi connectivity index (χ0) is 14.1. The van der Waals surface area contributed by atoms with Crippen molar-refractivity contribution in [3.63, 3.8) is 0 Å². The first-order valence-electron chi connectivity index (χ1n) is 5.16. The normalized spacial score (nSPS) is 40.2. The molecule has 6 atom stereocenters. The molecule has 0 bridgehead atoms. The molecule has 106 valence electrons. The molecule has 18 heavy (non-hydrogen) atoms. The van der Waals surface area contributed by atoms with Crippen molar-refractivity contribution < 1.29 is 45.3 Å². The third-order valence-corrected chi connectivity index (χ3v) is 2.97. The van der Waals surface area contributed by atoms with Crippen LogP contribution in [0.3, 0.4) is 0 Å². The van der Waals surface area contributed by atoms with E-state index in [0.717, 1.165) is 0 Å². The number of carbonyl (C=O) groups is 1. The van der Waals surface area contributed by atoms with E-state index in [4.69, 9.17) is 20.1 Å². The van der Waals surface area contributed by atoms with Crippen molar-refractivity contribution in [3.8, 4) is 0 Å². The van der Waals surface area contributed by atoms with Gasteiger partial charge in [0.2, 0.25) is 5.60 Å². The Bertz CT molecular complexity index is 306. The summed E-state index contributed by atoms with van der Waals surface area (Å²) in [6.07, 6.45) is -8.67. The Morgan fingerprint density at radius 3 is 2.06 bits per heavy atom.